The van der Waals surface area contributed by atoms with Crippen molar-refractivity contribution in [1.29, 1.82) is 0 Å². The van der Waals surface area contributed by atoms with E-state index in [0.717, 1.165) is 17.7 Å². The van der Waals surface area contributed by atoms with Gasteiger partial charge in [-0.3, -0.25) is 0 Å². The molecular formula is C11H16BrN3. The Kier molecular flexibility index (Phi) is 3.94. The van der Waals surface area contributed by atoms with Gasteiger partial charge >= 0.3 is 0 Å². The summed E-state index contributed by atoms with van der Waals surface area (Å²) in [6.07, 6.45) is 8.55. The van der Waals surface area contributed by atoms with E-state index < -0.39 is 0 Å². The molecule has 1 atom stereocenters. The lowest BCUT2D eigenvalue weighted by Crippen LogP contribution is -2.29. The molecule has 2 heterocycles. The van der Waals surface area contributed by atoms with Crippen LogP contribution in [0.15, 0.2) is 18.6 Å². The van der Waals surface area contributed by atoms with Crippen molar-refractivity contribution in [2.24, 2.45) is 0 Å². The van der Waals surface area contributed by atoms with E-state index in [1.165, 1.54) is 25.7 Å². The van der Waals surface area contributed by atoms with Gasteiger partial charge in [0, 0.05) is 24.1 Å². The average Bonchev–Trinajstić information content (AvgIpc) is 2.75. The van der Waals surface area contributed by atoms with Gasteiger partial charge in [0.15, 0.2) is 0 Å². The fraction of sp³-hybridized carbons (Fsp3) is 0.636. The van der Waals surface area contributed by atoms with Gasteiger partial charge in [0.25, 0.3) is 0 Å². The molecule has 0 radical (unpaired) electrons. The Morgan fingerprint density at radius 1 is 1.53 bits per heavy atom. The third kappa shape index (κ3) is 2.68. The van der Waals surface area contributed by atoms with Crippen molar-refractivity contribution in [2.75, 3.05) is 16.8 Å². The predicted octanol–water partition coefficient (Wildman–Crippen LogP) is 2.62. The zero-order valence-corrected chi connectivity index (χ0v) is 10.4. The van der Waals surface area contributed by atoms with Crippen LogP contribution in [0, 0.1) is 0 Å². The molecule has 2 rings (SSSR count). The Labute approximate surface area is 99.0 Å². The highest BCUT2D eigenvalue weighted by atomic mass is 79.9. The van der Waals surface area contributed by atoms with E-state index in [9.17, 15) is 0 Å². The van der Waals surface area contributed by atoms with Gasteiger partial charge in [0.2, 0.25) is 0 Å². The molecule has 1 aromatic rings. The van der Waals surface area contributed by atoms with Crippen LogP contribution in [0.2, 0.25) is 0 Å². The Morgan fingerprint density at radius 3 is 3.20 bits per heavy atom. The fourth-order valence-electron chi connectivity index (χ4n) is 2.20. The Hall–Kier alpha value is -0.640. The van der Waals surface area contributed by atoms with Crippen LogP contribution in [-0.2, 0) is 0 Å². The zero-order chi connectivity index (χ0) is 10.5. The minimum absolute atomic E-state index is 0.678. The molecule has 1 unspecified atom stereocenters. The maximum atomic E-state index is 4.32. The molecule has 1 aliphatic heterocycles. The monoisotopic (exact) mass is 269 g/mol. The standard InChI is InChI=1S/C11H16BrN3/c12-6-1-3-10-4-2-8-15(10)11-5-7-13-9-14-11/h5,7,9-10H,1-4,6,8H2. The van der Waals surface area contributed by atoms with Crippen LogP contribution in [0.25, 0.3) is 0 Å². The molecule has 0 spiro atoms. The first-order chi connectivity index (χ1) is 7.42. The number of aromatic nitrogens is 2. The number of hydrogen-bond donors (Lipinski definition) is 0. The van der Waals surface area contributed by atoms with Gasteiger partial charge in [-0.05, 0) is 31.7 Å². The van der Waals surface area contributed by atoms with E-state index in [1.807, 2.05) is 12.3 Å². The molecule has 15 heavy (non-hydrogen) atoms. The van der Waals surface area contributed by atoms with Crippen LogP contribution in [0.4, 0.5) is 5.82 Å². The van der Waals surface area contributed by atoms with Gasteiger partial charge < -0.3 is 4.90 Å². The first-order valence-electron chi connectivity index (χ1n) is 5.50. The van der Waals surface area contributed by atoms with Crippen LogP contribution in [0.3, 0.4) is 0 Å². The van der Waals surface area contributed by atoms with Gasteiger partial charge in [-0.1, -0.05) is 15.9 Å². The summed E-state index contributed by atoms with van der Waals surface area (Å²) < 4.78 is 0. The van der Waals surface area contributed by atoms with Crippen molar-refractivity contribution in [1.82, 2.24) is 9.97 Å². The maximum Gasteiger partial charge on any atom is 0.132 e. The lowest BCUT2D eigenvalue weighted by molar-refractivity contribution is 0.600. The Bertz CT molecular complexity index is 291. The lowest BCUT2D eigenvalue weighted by Gasteiger charge is -2.25. The molecule has 0 aromatic carbocycles. The second-order valence-electron chi connectivity index (χ2n) is 3.89. The van der Waals surface area contributed by atoms with Crippen LogP contribution >= 0.6 is 15.9 Å². The molecule has 1 saturated heterocycles. The third-order valence-electron chi connectivity index (χ3n) is 2.91. The molecule has 0 aliphatic carbocycles. The predicted molar refractivity (Wildman–Crippen MR) is 65.4 cm³/mol. The molecule has 4 heteroatoms. The van der Waals surface area contributed by atoms with Crippen LogP contribution in [0.5, 0.6) is 0 Å². The van der Waals surface area contributed by atoms with Gasteiger partial charge in [-0.25, -0.2) is 9.97 Å². The van der Waals surface area contributed by atoms with Crippen LogP contribution in [0.1, 0.15) is 25.7 Å². The molecule has 1 aliphatic rings. The molecule has 3 nitrogen and oxygen atoms in total. The van der Waals surface area contributed by atoms with E-state index in [2.05, 4.69) is 30.8 Å². The van der Waals surface area contributed by atoms with Gasteiger partial charge in [-0.15, -0.1) is 0 Å². The third-order valence-corrected chi connectivity index (χ3v) is 3.47. The smallest absolute Gasteiger partial charge is 0.132 e. The summed E-state index contributed by atoms with van der Waals surface area (Å²) in [4.78, 5) is 10.7. The second kappa shape index (κ2) is 5.45. The van der Waals surface area contributed by atoms with Gasteiger partial charge in [-0.2, -0.15) is 0 Å². The van der Waals surface area contributed by atoms with E-state index in [0.29, 0.717) is 6.04 Å². The number of alkyl halides is 1. The Balaban J connectivity index is 2.01. The minimum Gasteiger partial charge on any atom is -0.354 e. The van der Waals surface area contributed by atoms with Crippen molar-refractivity contribution in [2.45, 2.75) is 31.7 Å². The van der Waals surface area contributed by atoms with Crippen molar-refractivity contribution in [3.05, 3.63) is 18.6 Å². The van der Waals surface area contributed by atoms with E-state index in [4.69, 9.17) is 0 Å². The molecule has 0 bridgehead atoms. The van der Waals surface area contributed by atoms with Crippen molar-refractivity contribution in [3.8, 4) is 0 Å². The number of anilines is 1. The van der Waals surface area contributed by atoms with E-state index >= 15 is 0 Å². The van der Waals surface area contributed by atoms with Crippen molar-refractivity contribution in [3.63, 3.8) is 0 Å². The highest BCUT2D eigenvalue weighted by Gasteiger charge is 2.24. The average molecular weight is 270 g/mol. The minimum atomic E-state index is 0.678. The second-order valence-corrected chi connectivity index (χ2v) is 4.68. The van der Waals surface area contributed by atoms with Crippen LogP contribution in [-0.4, -0.2) is 27.9 Å². The molecular weight excluding hydrogens is 254 g/mol. The lowest BCUT2D eigenvalue weighted by atomic mass is 10.1. The molecule has 1 fully saturated rings. The quantitative estimate of drug-likeness (QED) is 0.787. The maximum absolute atomic E-state index is 4.32. The van der Waals surface area contributed by atoms with Gasteiger partial charge in [0.1, 0.15) is 12.1 Å². The van der Waals surface area contributed by atoms with Crippen molar-refractivity contribution < 1.29 is 0 Å². The number of halogens is 1. The fourth-order valence-corrected chi connectivity index (χ4v) is 2.53. The zero-order valence-electron chi connectivity index (χ0n) is 8.77. The van der Waals surface area contributed by atoms with Gasteiger partial charge in [0.05, 0.1) is 0 Å². The molecule has 0 N–H and O–H groups in total. The van der Waals surface area contributed by atoms with Crippen molar-refractivity contribution >= 4 is 21.7 Å². The Morgan fingerprint density at radius 2 is 2.47 bits per heavy atom. The topological polar surface area (TPSA) is 29.0 Å². The summed E-state index contributed by atoms with van der Waals surface area (Å²) in [6, 6.07) is 2.68. The summed E-state index contributed by atoms with van der Waals surface area (Å²) in [5.74, 6) is 1.09. The number of hydrogen-bond acceptors (Lipinski definition) is 3. The normalized spacial score (nSPS) is 20.9. The molecule has 82 valence electrons. The SMILES string of the molecule is BrCCCC1CCCN1c1ccncn1. The summed E-state index contributed by atoms with van der Waals surface area (Å²) in [7, 11) is 0. The largest absolute Gasteiger partial charge is 0.354 e. The molecule has 1 aromatic heterocycles. The summed E-state index contributed by atoms with van der Waals surface area (Å²) >= 11 is 3.49. The van der Waals surface area contributed by atoms with E-state index in [-0.39, 0.29) is 0 Å². The van der Waals surface area contributed by atoms with E-state index in [1.54, 1.807) is 6.33 Å². The highest BCUT2D eigenvalue weighted by Crippen LogP contribution is 2.26. The number of rotatable bonds is 4. The van der Waals surface area contributed by atoms with Crippen LogP contribution < -0.4 is 4.90 Å². The molecule has 0 saturated carbocycles. The number of nitrogens with zero attached hydrogens (tertiary/aromatic N) is 3. The summed E-state index contributed by atoms with van der Waals surface area (Å²) in [5, 5.41) is 1.10. The first-order valence-corrected chi connectivity index (χ1v) is 6.62. The summed E-state index contributed by atoms with van der Waals surface area (Å²) in [6.45, 7) is 1.14. The highest BCUT2D eigenvalue weighted by molar-refractivity contribution is 9.09. The first kappa shape index (κ1) is 10.9. The summed E-state index contributed by atoms with van der Waals surface area (Å²) in [5.41, 5.74) is 0. The molecule has 0 amide bonds.